The van der Waals surface area contributed by atoms with Gasteiger partial charge >= 0.3 is 48.3 Å². The molecule has 0 fully saturated rings. The molecule has 0 atom stereocenters. The van der Waals surface area contributed by atoms with Crippen LogP contribution in [0.4, 0.5) is 0 Å². The third-order valence-corrected chi connectivity index (χ3v) is 2.03. The van der Waals surface area contributed by atoms with Crippen molar-refractivity contribution in [3.8, 4) is 0 Å². The average molecular weight is 161 g/mol. The van der Waals surface area contributed by atoms with Crippen LogP contribution in [0.5, 0.6) is 0 Å². The van der Waals surface area contributed by atoms with E-state index in [0.717, 1.165) is 0 Å². The zero-order chi connectivity index (χ0) is 5.11. The molecule has 0 N–H and O–H groups in total. The van der Waals surface area contributed by atoms with Crippen LogP contribution >= 0.6 is 0 Å². The van der Waals surface area contributed by atoms with Gasteiger partial charge in [0.1, 0.15) is 0 Å². The van der Waals surface area contributed by atoms with Crippen molar-refractivity contribution in [1.29, 1.82) is 0 Å². The molecule has 7 heavy (non-hydrogen) atoms. The summed E-state index contributed by atoms with van der Waals surface area (Å²) in [5.74, 6) is 2.15. The van der Waals surface area contributed by atoms with Gasteiger partial charge < -0.3 is 0 Å². The Morgan fingerprint density at radius 3 is 2.86 bits per heavy atom. The van der Waals surface area contributed by atoms with Crippen molar-refractivity contribution in [3.05, 3.63) is 18.7 Å². The predicted octanol–water partition coefficient (Wildman–Crippen LogP) is 0.398. The SMILES string of the molecule is C[Se]n1ccnc1. The summed E-state index contributed by atoms with van der Waals surface area (Å²) in [7, 11) is 0. The van der Waals surface area contributed by atoms with Crippen molar-refractivity contribution < 1.29 is 0 Å². The number of hydrogen-bond donors (Lipinski definition) is 0. The number of rotatable bonds is 1. The van der Waals surface area contributed by atoms with Gasteiger partial charge in [0.2, 0.25) is 0 Å². The Kier molecular flexibility index (Phi) is 1.49. The molecule has 0 spiro atoms. The Morgan fingerprint density at radius 1 is 1.71 bits per heavy atom. The van der Waals surface area contributed by atoms with Gasteiger partial charge in [-0.05, 0) is 0 Å². The van der Waals surface area contributed by atoms with Crippen LogP contribution in [-0.4, -0.2) is 23.7 Å². The van der Waals surface area contributed by atoms with Crippen LogP contribution in [0.2, 0.25) is 5.82 Å². The van der Waals surface area contributed by atoms with Crippen LogP contribution in [0.3, 0.4) is 0 Å². The maximum absolute atomic E-state index is 3.87. The fraction of sp³-hybridized carbons (Fsp3) is 0.250. The van der Waals surface area contributed by atoms with E-state index in [1.807, 2.05) is 12.5 Å². The number of nitrogens with zero attached hydrogens (tertiary/aromatic N) is 2. The molecule has 1 heterocycles. The first-order valence-corrected chi connectivity index (χ1v) is 4.44. The molecule has 0 aliphatic heterocycles. The first-order chi connectivity index (χ1) is 3.43. The quantitative estimate of drug-likeness (QED) is 0.545. The molecule has 0 amide bonds. The summed E-state index contributed by atoms with van der Waals surface area (Å²) in [6, 6.07) is 0. The summed E-state index contributed by atoms with van der Waals surface area (Å²) in [6.45, 7) is 0. The van der Waals surface area contributed by atoms with Crippen LogP contribution < -0.4 is 0 Å². The molecule has 0 aliphatic carbocycles. The molecule has 2 nitrogen and oxygen atoms in total. The van der Waals surface area contributed by atoms with E-state index in [4.69, 9.17) is 0 Å². The van der Waals surface area contributed by atoms with Gasteiger partial charge in [-0.2, -0.15) is 0 Å². The van der Waals surface area contributed by atoms with E-state index in [1.54, 1.807) is 6.20 Å². The van der Waals surface area contributed by atoms with E-state index in [2.05, 4.69) is 14.4 Å². The van der Waals surface area contributed by atoms with E-state index >= 15 is 0 Å². The van der Waals surface area contributed by atoms with Crippen LogP contribution in [0, 0.1) is 0 Å². The Hall–Kier alpha value is -0.271. The van der Waals surface area contributed by atoms with Crippen LogP contribution in [-0.2, 0) is 0 Å². The van der Waals surface area contributed by atoms with Gasteiger partial charge in [0.15, 0.2) is 0 Å². The van der Waals surface area contributed by atoms with Gasteiger partial charge in [0.05, 0.1) is 0 Å². The fourth-order valence-electron chi connectivity index (χ4n) is 0.355. The third-order valence-electron chi connectivity index (χ3n) is 0.691. The molecule has 1 aromatic heterocycles. The molecule has 0 saturated heterocycles. The molecular weight excluding hydrogens is 155 g/mol. The second kappa shape index (κ2) is 2.15. The minimum atomic E-state index is 0.552. The van der Waals surface area contributed by atoms with E-state index in [1.165, 1.54) is 0 Å². The number of hydrogen-bond acceptors (Lipinski definition) is 1. The summed E-state index contributed by atoms with van der Waals surface area (Å²) in [4.78, 5) is 3.87. The normalized spacial score (nSPS) is 9.29. The molecule has 1 rings (SSSR count). The van der Waals surface area contributed by atoms with Gasteiger partial charge in [-0.1, -0.05) is 0 Å². The second-order valence-corrected chi connectivity index (χ2v) is 2.76. The van der Waals surface area contributed by atoms with E-state index in [9.17, 15) is 0 Å². The van der Waals surface area contributed by atoms with Crippen LogP contribution in [0.25, 0.3) is 0 Å². The van der Waals surface area contributed by atoms with Crippen molar-refractivity contribution in [2.75, 3.05) is 0 Å². The first-order valence-electron chi connectivity index (χ1n) is 1.96. The van der Waals surface area contributed by atoms with Gasteiger partial charge in [-0.25, -0.2) is 0 Å². The second-order valence-electron chi connectivity index (χ2n) is 1.11. The molecule has 3 heteroatoms. The Bertz CT molecular complexity index is 124. The summed E-state index contributed by atoms with van der Waals surface area (Å²) in [5, 5.41) is 0. The van der Waals surface area contributed by atoms with E-state index in [-0.39, 0.29) is 0 Å². The summed E-state index contributed by atoms with van der Waals surface area (Å²) in [6.07, 6.45) is 5.60. The van der Waals surface area contributed by atoms with Crippen molar-refractivity contribution in [1.82, 2.24) is 8.57 Å². The molecule has 0 aliphatic rings. The van der Waals surface area contributed by atoms with Crippen molar-refractivity contribution in [2.24, 2.45) is 0 Å². The first kappa shape index (κ1) is 4.88. The zero-order valence-corrected chi connectivity index (χ0v) is 5.75. The Balaban J connectivity index is 2.76. The van der Waals surface area contributed by atoms with Crippen molar-refractivity contribution in [3.63, 3.8) is 0 Å². The molecule has 0 saturated carbocycles. The molecule has 0 radical (unpaired) electrons. The monoisotopic (exact) mass is 162 g/mol. The maximum atomic E-state index is 3.87. The summed E-state index contributed by atoms with van der Waals surface area (Å²) >= 11 is 0.552. The van der Waals surface area contributed by atoms with Gasteiger partial charge in [-0.3, -0.25) is 0 Å². The van der Waals surface area contributed by atoms with Crippen LogP contribution in [0.15, 0.2) is 18.7 Å². The van der Waals surface area contributed by atoms with E-state index < -0.39 is 0 Å². The Morgan fingerprint density at radius 2 is 2.57 bits per heavy atom. The molecular formula is C4H6N2Se. The van der Waals surface area contributed by atoms with Crippen molar-refractivity contribution in [2.45, 2.75) is 5.82 Å². The standard InChI is InChI=1S/C4H6N2Se/c1-7-6-3-2-5-4-6/h2-4H,1H3. The van der Waals surface area contributed by atoms with Crippen molar-refractivity contribution >= 4 is 15.2 Å². The van der Waals surface area contributed by atoms with Gasteiger partial charge in [-0.15, -0.1) is 0 Å². The fourth-order valence-corrected chi connectivity index (χ4v) is 1.04. The van der Waals surface area contributed by atoms with Gasteiger partial charge in [0, 0.05) is 0 Å². The third kappa shape index (κ3) is 1.05. The molecule has 0 unspecified atom stereocenters. The molecule has 0 aromatic carbocycles. The Labute approximate surface area is 48.9 Å². The summed E-state index contributed by atoms with van der Waals surface area (Å²) in [5.41, 5.74) is 0. The zero-order valence-electron chi connectivity index (χ0n) is 4.03. The van der Waals surface area contributed by atoms with Crippen LogP contribution in [0.1, 0.15) is 0 Å². The molecule has 38 valence electrons. The van der Waals surface area contributed by atoms with E-state index in [0.29, 0.717) is 15.2 Å². The molecule has 0 bridgehead atoms. The number of imidazole rings is 1. The number of aromatic nitrogens is 2. The summed E-state index contributed by atoms with van der Waals surface area (Å²) < 4.78 is 2.08. The topological polar surface area (TPSA) is 17.8 Å². The average Bonchev–Trinajstić information content (AvgIpc) is 2.14. The minimum absolute atomic E-state index is 0.552. The predicted molar refractivity (Wildman–Crippen MR) is 29.2 cm³/mol. The molecule has 1 aromatic rings. The van der Waals surface area contributed by atoms with Gasteiger partial charge in [0.25, 0.3) is 0 Å².